The van der Waals surface area contributed by atoms with Crippen LogP contribution in [0.25, 0.3) is 0 Å². The van der Waals surface area contributed by atoms with Crippen LogP contribution in [0.4, 0.5) is 0 Å². The van der Waals surface area contributed by atoms with Crippen molar-refractivity contribution in [2.45, 2.75) is 26.8 Å². The summed E-state index contributed by atoms with van der Waals surface area (Å²) in [5, 5.41) is 17.2. The van der Waals surface area contributed by atoms with E-state index in [0.29, 0.717) is 17.5 Å². The van der Waals surface area contributed by atoms with Crippen LogP contribution >= 0.6 is 12.2 Å². The van der Waals surface area contributed by atoms with Crippen molar-refractivity contribution in [1.29, 1.82) is 0 Å². The molecule has 0 aliphatic rings. The van der Waals surface area contributed by atoms with Crippen molar-refractivity contribution in [1.82, 2.24) is 10.7 Å². The van der Waals surface area contributed by atoms with Crippen LogP contribution in [0.15, 0.2) is 17.2 Å². The van der Waals surface area contributed by atoms with Crippen LogP contribution in [-0.2, 0) is 4.74 Å². The first-order valence-corrected chi connectivity index (χ1v) is 6.73. The maximum atomic E-state index is 9.69. The van der Waals surface area contributed by atoms with Crippen molar-refractivity contribution in [3.63, 3.8) is 0 Å². The first kappa shape index (κ1) is 16.4. The number of phenols is 1. The van der Waals surface area contributed by atoms with Crippen LogP contribution in [0.3, 0.4) is 0 Å². The quantitative estimate of drug-likeness (QED) is 0.439. The van der Waals surface area contributed by atoms with Crippen LogP contribution < -0.4 is 10.7 Å². The van der Waals surface area contributed by atoms with E-state index < -0.39 is 0 Å². The molecule has 6 heteroatoms. The lowest BCUT2D eigenvalue weighted by molar-refractivity contribution is 0.179. The average molecular weight is 295 g/mol. The van der Waals surface area contributed by atoms with Gasteiger partial charge in [0.25, 0.3) is 0 Å². The fraction of sp³-hybridized carbons (Fsp3) is 0.429. The third kappa shape index (κ3) is 5.14. The van der Waals surface area contributed by atoms with Gasteiger partial charge in [-0.1, -0.05) is 0 Å². The first-order chi connectivity index (χ1) is 9.43. The Hall–Kier alpha value is -1.66. The van der Waals surface area contributed by atoms with E-state index in [9.17, 15) is 5.11 Å². The molecule has 110 valence electrons. The van der Waals surface area contributed by atoms with Gasteiger partial charge in [-0.3, -0.25) is 5.43 Å². The molecule has 0 aliphatic heterocycles. The number of hydrogen-bond donors (Lipinski definition) is 3. The van der Waals surface area contributed by atoms with Gasteiger partial charge in [-0.15, -0.1) is 0 Å². The molecule has 0 unspecified atom stereocenters. The summed E-state index contributed by atoms with van der Waals surface area (Å²) in [6.07, 6.45) is 1.66. The third-order valence-electron chi connectivity index (χ3n) is 2.69. The van der Waals surface area contributed by atoms with Crippen molar-refractivity contribution in [2.24, 2.45) is 5.10 Å². The summed E-state index contributed by atoms with van der Waals surface area (Å²) in [6.45, 7) is 6.24. The van der Waals surface area contributed by atoms with Crippen molar-refractivity contribution < 1.29 is 9.84 Å². The molecule has 0 aliphatic carbocycles. The summed E-state index contributed by atoms with van der Waals surface area (Å²) in [5.41, 5.74) is 5.29. The van der Waals surface area contributed by atoms with E-state index in [2.05, 4.69) is 15.8 Å². The van der Waals surface area contributed by atoms with Gasteiger partial charge in [0.15, 0.2) is 5.11 Å². The number of phenolic OH excluding ortho intramolecular Hbond substituents is 1. The lowest BCUT2D eigenvalue weighted by atomic mass is 10.1. The molecular formula is C14H21N3O2S. The zero-order valence-electron chi connectivity index (χ0n) is 12.2. The highest BCUT2D eigenvalue weighted by atomic mass is 32.1. The lowest BCUT2D eigenvalue weighted by Crippen LogP contribution is -2.40. The van der Waals surface area contributed by atoms with E-state index in [4.69, 9.17) is 17.0 Å². The zero-order chi connectivity index (χ0) is 15.1. The first-order valence-electron chi connectivity index (χ1n) is 6.32. The van der Waals surface area contributed by atoms with Crippen LogP contribution in [0, 0.1) is 13.8 Å². The van der Waals surface area contributed by atoms with Gasteiger partial charge in [-0.25, -0.2) is 0 Å². The molecule has 0 fully saturated rings. The van der Waals surface area contributed by atoms with Gasteiger partial charge in [0.2, 0.25) is 0 Å². The molecule has 0 aromatic heterocycles. The second-order valence-corrected chi connectivity index (χ2v) is 5.11. The van der Waals surface area contributed by atoms with Gasteiger partial charge >= 0.3 is 0 Å². The predicted molar refractivity (Wildman–Crippen MR) is 85.4 cm³/mol. The minimum Gasteiger partial charge on any atom is -0.507 e. The number of hydrogen-bond acceptors (Lipinski definition) is 4. The second kappa shape index (κ2) is 7.81. The topological polar surface area (TPSA) is 65.9 Å². The van der Waals surface area contributed by atoms with E-state index in [-0.39, 0.29) is 6.04 Å². The molecule has 0 spiro atoms. The fourth-order valence-corrected chi connectivity index (χ4v) is 2.03. The maximum Gasteiger partial charge on any atom is 0.187 e. The fourth-order valence-electron chi connectivity index (χ4n) is 1.78. The molecule has 1 atom stereocenters. The summed E-state index contributed by atoms with van der Waals surface area (Å²) >= 11 is 5.10. The van der Waals surface area contributed by atoms with Crippen LogP contribution in [0.2, 0.25) is 0 Å². The predicted octanol–water partition coefficient (Wildman–Crippen LogP) is 1.84. The molecule has 5 nitrogen and oxygen atoms in total. The van der Waals surface area contributed by atoms with Crippen LogP contribution in [0.5, 0.6) is 5.75 Å². The Balaban J connectivity index is 2.55. The van der Waals surface area contributed by atoms with Gasteiger partial charge in [-0.05, 0) is 61.8 Å². The van der Waals surface area contributed by atoms with Gasteiger partial charge in [-0.2, -0.15) is 5.10 Å². The zero-order valence-corrected chi connectivity index (χ0v) is 13.0. The molecule has 1 rings (SSSR count). The summed E-state index contributed by atoms with van der Waals surface area (Å²) in [5.74, 6) is 0.320. The normalized spacial score (nSPS) is 12.4. The number of aromatic hydroxyl groups is 1. The SMILES string of the molecule is COC[C@H](C)NC(=S)N/N=C/c1cc(C)c(O)c(C)c1. The van der Waals surface area contributed by atoms with E-state index in [1.165, 1.54) is 0 Å². The minimum absolute atomic E-state index is 0.119. The monoisotopic (exact) mass is 295 g/mol. The second-order valence-electron chi connectivity index (χ2n) is 4.70. The number of ether oxygens (including phenoxy) is 1. The number of nitrogens with zero attached hydrogens (tertiary/aromatic N) is 1. The Morgan fingerprint density at radius 1 is 1.45 bits per heavy atom. The molecule has 0 saturated heterocycles. The van der Waals surface area contributed by atoms with Gasteiger partial charge in [0.05, 0.1) is 12.8 Å². The largest absolute Gasteiger partial charge is 0.507 e. The van der Waals surface area contributed by atoms with Crippen LogP contribution in [-0.4, -0.2) is 36.2 Å². The molecule has 0 bridgehead atoms. The number of methoxy groups -OCH3 is 1. The standard InChI is InChI=1S/C14H21N3O2S/c1-9-5-12(6-10(2)13(9)18)7-15-17-14(20)16-11(3)8-19-4/h5-7,11,18H,8H2,1-4H3,(H2,16,17,20)/b15-7+/t11-/m0/s1. The maximum absolute atomic E-state index is 9.69. The Kier molecular flexibility index (Phi) is 6.41. The van der Waals surface area contributed by atoms with E-state index in [1.807, 2.05) is 32.9 Å². The Morgan fingerprint density at radius 2 is 2.05 bits per heavy atom. The Morgan fingerprint density at radius 3 is 2.60 bits per heavy atom. The number of nitrogens with one attached hydrogen (secondary N) is 2. The number of rotatable bonds is 5. The van der Waals surface area contributed by atoms with Gasteiger partial charge < -0.3 is 15.2 Å². The molecule has 0 radical (unpaired) electrons. The summed E-state index contributed by atoms with van der Waals surface area (Å²) in [7, 11) is 1.64. The highest BCUT2D eigenvalue weighted by Gasteiger charge is 2.03. The molecule has 0 saturated carbocycles. The molecule has 0 heterocycles. The van der Waals surface area contributed by atoms with Crippen molar-refractivity contribution in [3.05, 3.63) is 28.8 Å². The van der Waals surface area contributed by atoms with Crippen molar-refractivity contribution in [2.75, 3.05) is 13.7 Å². The van der Waals surface area contributed by atoms with E-state index in [0.717, 1.165) is 16.7 Å². The molecule has 20 heavy (non-hydrogen) atoms. The van der Waals surface area contributed by atoms with Gasteiger partial charge in [0, 0.05) is 13.2 Å². The molecule has 3 N–H and O–H groups in total. The average Bonchev–Trinajstić information content (AvgIpc) is 2.36. The number of aryl methyl sites for hydroxylation is 2. The Bertz CT molecular complexity index is 480. The number of benzene rings is 1. The smallest absolute Gasteiger partial charge is 0.187 e. The summed E-state index contributed by atoms with van der Waals surface area (Å²) in [6, 6.07) is 3.84. The van der Waals surface area contributed by atoms with Gasteiger partial charge in [0.1, 0.15) is 5.75 Å². The Labute approximate surface area is 125 Å². The highest BCUT2D eigenvalue weighted by Crippen LogP contribution is 2.21. The summed E-state index contributed by atoms with van der Waals surface area (Å²) < 4.78 is 5.00. The number of thiocarbonyl (C=S) groups is 1. The lowest BCUT2D eigenvalue weighted by Gasteiger charge is -2.13. The molecule has 0 amide bonds. The molecule has 1 aromatic carbocycles. The van der Waals surface area contributed by atoms with Crippen molar-refractivity contribution in [3.8, 4) is 5.75 Å². The van der Waals surface area contributed by atoms with E-state index in [1.54, 1.807) is 13.3 Å². The van der Waals surface area contributed by atoms with Crippen molar-refractivity contribution >= 4 is 23.5 Å². The molecule has 1 aromatic rings. The highest BCUT2D eigenvalue weighted by molar-refractivity contribution is 7.80. The summed E-state index contributed by atoms with van der Waals surface area (Å²) in [4.78, 5) is 0. The van der Waals surface area contributed by atoms with E-state index >= 15 is 0 Å². The van der Waals surface area contributed by atoms with Crippen LogP contribution in [0.1, 0.15) is 23.6 Å². The minimum atomic E-state index is 0.119. The molecular weight excluding hydrogens is 274 g/mol. The third-order valence-corrected chi connectivity index (χ3v) is 2.90. The number of hydrazone groups is 1.